The van der Waals surface area contributed by atoms with Crippen LogP contribution < -0.4 is 21.7 Å². The van der Waals surface area contributed by atoms with Crippen LogP contribution in [-0.4, -0.2) is 53.2 Å². The van der Waals surface area contributed by atoms with E-state index >= 15 is 0 Å². The molecule has 5 N–H and O–H groups in total. The number of nitrogens with one attached hydrogen (secondary N) is 1. The summed E-state index contributed by atoms with van der Waals surface area (Å²) in [6, 6.07) is -0.584. The molecule has 1 atom stereocenters. The van der Waals surface area contributed by atoms with Crippen molar-refractivity contribution in [3.63, 3.8) is 0 Å². The second kappa shape index (κ2) is 5.65. The van der Waals surface area contributed by atoms with E-state index in [0.29, 0.717) is 32.3 Å². The van der Waals surface area contributed by atoms with Crippen molar-refractivity contribution < 1.29 is 9.53 Å². The highest BCUT2D eigenvalue weighted by molar-refractivity contribution is 5.81. The third-order valence-electron chi connectivity index (χ3n) is 2.71. The molecule has 1 amide bonds. The number of rotatable bonds is 4. The Morgan fingerprint density at radius 3 is 2.68 bits per heavy atom. The summed E-state index contributed by atoms with van der Waals surface area (Å²) in [4.78, 5) is 25.2. The molecule has 0 saturated carbocycles. The van der Waals surface area contributed by atoms with Gasteiger partial charge in [0, 0.05) is 13.1 Å². The Labute approximate surface area is 110 Å². The zero-order valence-electron chi connectivity index (χ0n) is 10.7. The minimum Gasteiger partial charge on any atom is -0.378 e. The molecule has 1 aromatic heterocycles. The van der Waals surface area contributed by atoms with Gasteiger partial charge in [-0.15, -0.1) is 0 Å². The molecular weight excluding hydrogens is 250 g/mol. The molecule has 1 fully saturated rings. The van der Waals surface area contributed by atoms with Crippen molar-refractivity contribution in [1.82, 2.24) is 15.0 Å². The fraction of sp³-hybridized carbons (Fsp3) is 0.600. The summed E-state index contributed by atoms with van der Waals surface area (Å²) in [5.74, 6) is 0.304. The second-order valence-corrected chi connectivity index (χ2v) is 4.19. The summed E-state index contributed by atoms with van der Waals surface area (Å²) >= 11 is 0. The van der Waals surface area contributed by atoms with E-state index < -0.39 is 11.9 Å². The summed E-state index contributed by atoms with van der Waals surface area (Å²) in [5, 5.41) is 2.79. The number of carbonyl (C=O) groups excluding carboxylic acids is 1. The molecule has 1 aliphatic heterocycles. The van der Waals surface area contributed by atoms with E-state index in [9.17, 15) is 4.79 Å². The number of hydrogen-bond acceptors (Lipinski definition) is 8. The van der Waals surface area contributed by atoms with Gasteiger partial charge in [-0.25, -0.2) is 0 Å². The molecule has 2 rings (SSSR count). The Balaban J connectivity index is 2.16. The topological polar surface area (TPSA) is 132 Å². The van der Waals surface area contributed by atoms with Gasteiger partial charge in [-0.2, -0.15) is 15.0 Å². The fourth-order valence-corrected chi connectivity index (χ4v) is 1.61. The fourth-order valence-electron chi connectivity index (χ4n) is 1.61. The molecule has 1 unspecified atom stereocenters. The van der Waals surface area contributed by atoms with E-state index in [1.807, 2.05) is 4.90 Å². The molecule has 0 radical (unpaired) electrons. The molecule has 0 spiro atoms. The number of morpholine rings is 1. The zero-order valence-corrected chi connectivity index (χ0v) is 10.7. The van der Waals surface area contributed by atoms with Crippen LogP contribution >= 0.6 is 0 Å². The van der Waals surface area contributed by atoms with Gasteiger partial charge in [-0.05, 0) is 6.92 Å². The Morgan fingerprint density at radius 2 is 2.05 bits per heavy atom. The SMILES string of the molecule is CC(Nc1nc(N)nc(N2CCOCC2)n1)C(N)=O. The Kier molecular flexibility index (Phi) is 3.95. The monoisotopic (exact) mass is 267 g/mol. The van der Waals surface area contributed by atoms with Crippen LogP contribution in [0.4, 0.5) is 17.8 Å². The summed E-state index contributed by atoms with van der Waals surface area (Å²) < 4.78 is 5.26. The van der Waals surface area contributed by atoms with Crippen molar-refractivity contribution in [2.75, 3.05) is 42.3 Å². The molecule has 0 aromatic carbocycles. The third-order valence-corrected chi connectivity index (χ3v) is 2.71. The first-order valence-electron chi connectivity index (χ1n) is 5.96. The van der Waals surface area contributed by atoms with E-state index in [-0.39, 0.29) is 11.9 Å². The lowest BCUT2D eigenvalue weighted by Crippen LogP contribution is -2.38. The molecule has 0 aliphatic carbocycles. The molecule has 1 aromatic rings. The van der Waals surface area contributed by atoms with Crippen molar-refractivity contribution in [1.29, 1.82) is 0 Å². The van der Waals surface area contributed by atoms with Crippen LogP contribution in [0.25, 0.3) is 0 Å². The van der Waals surface area contributed by atoms with Gasteiger partial charge in [0.1, 0.15) is 6.04 Å². The highest BCUT2D eigenvalue weighted by atomic mass is 16.5. The Bertz CT molecular complexity index is 461. The van der Waals surface area contributed by atoms with E-state index in [4.69, 9.17) is 16.2 Å². The van der Waals surface area contributed by atoms with Crippen LogP contribution in [0.3, 0.4) is 0 Å². The van der Waals surface area contributed by atoms with Crippen molar-refractivity contribution in [2.24, 2.45) is 5.73 Å². The average molecular weight is 267 g/mol. The van der Waals surface area contributed by atoms with E-state index in [2.05, 4.69) is 20.3 Å². The molecule has 1 saturated heterocycles. The molecule has 0 bridgehead atoms. The average Bonchev–Trinajstić information content (AvgIpc) is 2.39. The number of nitrogen functional groups attached to an aromatic ring is 1. The first-order chi connectivity index (χ1) is 9.06. The number of nitrogens with zero attached hydrogens (tertiary/aromatic N) is 4. The van der Waals surface area contributed by atoms with E-state index in [1.165, 1.54) is 0 Å². The normalized spacial score (nSPS) is 17.0. The maximum absolute atomic E-state index is 11.0. The number of primary amides is 1. The zero-order chi connectivity index (χ0) is 13.8. The molecule has 1 aliphatic rings. The number of aromatic nitrogens is 3. The summed E-state index contributed by atoms with van der Waals surface area (Å²) in [7, 11) is 0. The summed E-state index contributed by atoms with van der Waals surface area (Å²) in [5.41, 5.74) is 10.8. The number of ether oxygens (including phenoxy) is 1. The predicted molar refractivity (Wildman–Crippen MR) is 69.6 cm³/mol. The second-order valence-electron chi connectivity index (χ2n) is 4.19. The quantitative estimate of drug-likeness (QED) is 0.605. The first-order valence-corrected chi connectivity index (χ1v) is 5.96. The highest BCUT2D eigenvalue weighted by Crippen LogP contribution is 2.13. The summed E-state index contributed by atoms with van der Waals surface area (Å²) in [6.07, 6.45) is 0. The standard InChI is InChI=1S/C10H17N7O2/c1-6(7(11)18)13-9-14-8(12)15-10(16-9)17-2-4-19-5-3-17/h6H,2-5H2,1H3,(H2,11,18)(H3,12,13,14,15,16). The maximum Gasteiger partial charge on any atom is 0.239 e. The minimum atomic E-state index is -0.584. The van der Waals surface area contributed by atoms with Crippen LogP contribution in [0.2, 0.25) is 0 Å². The first kappa shape index (κ1) is 13.3. The molecular formula is C10H17N7O2. The molecule has 104 valence electrons. The van der Waals surface area contributed by atoms with Crippen LogP contribution in [0.15, 0.2) is 0 Å². The minimum absolute atomic E-state index is 0.0932. The highest BCUT2D eigenvalue weighted by Gasteiger charge is 2.17. The predicted octanol–water partition coefficient (Wildman–Crippen LogP) is -1.42. The molecule has 2 heterocycles. The molecule has 9 nitrogen and oxygen atoms in total. The lowest BCUT2D eigenvalue weighted by atomic mass is 10.3. The van der Waals surface area contributed by atoms with Gasteiger partial charge in [-0.1, -0.05) is 0 Å². The largest absolute Gasteiger partial charge is 0.378 e. The van der Waals surface area contributed by atoms with Crippen LogP contribution in [0.1, 0.15) is 6.92 Å². The van der Waals surface area contributed by atoms with Gasteiger partial charge in [0.25, 0.3) is 0 Å². The van der Waals surface area contributed by atoms with E-state index in [0.717, 1.165) is 0 Å². The Morgan fingerprint density at radius 1 is 1.37 bits per heavy atom. The van der Waals surface area contributed by atoms with Gasteiger partial charge < -0.3 is 26.4 Å². The van der Waals surface area contributed by atoms with Gasteiger partial charge >= 0.3 is 0 Å². The van der Waals surface area contributed by atoms with Gasteiger partial charge in [0.2, 0.25) is 23.8 Å². The number of hydrogen-bond donors (Lipinski definition) is 3. The number of amides is 1. The summed E-state index contributed by atoms with van der Waals surface area (Å²) in [6.45, 7) is 4.23. The number of carbonyl (C=O) groups is 1. The van der Waals surface area contributed by atoms with Crippen LogP contribution in [0, 0.1) is 0 Å². The third kappa shape index (κ3) is 3.41. The Hall–Kier alpha value is -2.16. The van der Waals surface area contributed by atoms with Crippen molar-refractivity contribution >= 4 is 23.8 Å². The lowest BCUT2D eigenvalue weighted by Gasteiger charge is -2.27. The number of anilines is 3. The van der Waals surface area contributed by atoms with Gasteiger partial charge in [0.05, 0.1) is 13.2 Å². The molecule has 9 heteroatoms. The van der Waals surface area contributed by atoms with Crippen LogP contribution in [-0.2, 0) is 9.53 Å². The van der Waals surface area contributed by atoms with Gasteiger partial charge in [-0.3, -0.25) is 4.79 Å². The van der Waals surface area contributed by atoms with Crippen molar-refractivity contribution in [3.8, 4) is 0 Å². The number of nitrogens with two attached hydrogens (primary N) is 2. The lowest BCUT2D eigenvalue weighted by molar-refractivity contribution is -0.118. The van der Waals surface area contributed by atoms with Crippen LogP contribution in [0.5, 0.6) is 0 Å². The van der Waals surface area contributed by atoms with Crippen molar-refractivity contribution in [3.05, 3.63) is 0 Å². The smallest absolute Gasteiger partial charge is 0.239 e. The van der Waals surface area contributed by atoms with Gasteiger partial charge in [0.15, 0.2) is 0 Å². The maximum atomic E-state index is 11.0. The van der Waals surface area contributed by atoms with Crippen molar-refractivity contribution in [2.45, 2.75) is 13.0 Å². The molecule has 19 heavy (non-hydrogen) atoms. The van der Waals surface area contributed by atoms with E-state index in [1.54, 1.807) is 6.92 Å².